The molecule has 0 aliphatic rings. The average molecular weight is 160 g/mol. The molecule has 0 aromatic rings. The third-order valence-corrected chi connectivity index (χ3v) is 1.60. The Labute approximate surface area is 67.7 Å². The van der Waals surface area contributed by atoms with Crippen LogP contribution in [0.5, 0.6) is 0 Å². The van der Waals surface area contributed by atoms with Gasteiger partial charge in [0.15, 0.2) is 5.78 Å². The molecule has 0 aromatic carbocycles. The molecule has 66 valence electrons. The van der Waals surface area contributed by atoms with Crippen LogP contribution in [0.2, 0.25) is 0 Å². The van der Waals surface area contributed by atoms with E-state index in [1.54, 1.807) is 21.0 Å². The lowest BCUT2D eigenvalue weighted by Crippen LogP contribution is -2.34. The fourth-order valence-corrected chi connectivity index (χ4v) is 0.482. The summed E-state index contributed by atoms with van der Waals surface area (Å²) >= 11 is 0. The number of Topliss-reactive ketones (excluding diaryl/α,β-unsaturated/α-hetero) is 1. The van der Waals surface area contributed by atoms with Crippen LogP contribution in [0.25, 0.3) is 0 Å². The molecule has 0 amide bonds. The number of hydrogen-bond donors (Lipinski definition) is 0. The van der Waals surface area contributed by atoms with Gasteiger partial charge in [-0.2, -0.15) is 0 Å². The van der Waals surface area contributed by atoms with E-state index in [-0.39, 0.29) is 5.78 Å². The first kappa shape index (κ1) is 10.6. The number of rotatable bonds is 5. The first-order chi connectivity index (χ1) is 5.00. The molecule has 0 fully saturated rings. The number of methoxy groups -OCH3 is 1. The maximum atomic E-state index is 10.9. The van der Waals surface area contributed by atoms with E-state index in [0.29, 0.717) is 13.2 Å². The molecular formula is C8H16O3. The largest absolute Gasteiger partial charge is 0.382 e. The monoisotopic (exact) mass is 160 g/mol. The van der Waals surface area contributed by atoms with Crippen molar-refractivity contribution < 1.29 is 14.3 Å². The summed E-state index contributed by atoms with van der Waals surface area (Å²) in [5, 5.41) is 0. The van der Waals surface area contributed by atoms with E-state index < -0.39 is 5.60 Å². The van der Waals surface area contributed by atoms with Crippen LogP contribution in [0.1, 0.15) is 20.8 Å². The lowest BCUT2D eigenvalue weighted by atomic mass is 10.1. The second kappa shape index (κ2) is 4.46. The second-order valence-electron chi connectivity index (χ2n) is 2.91. The van der Waals surface area contributed by atoms with Gasteiger partial charge in [-0.05, 0) is 20.8 Å². The van der Waals surface area contributed by atoms with Crippen molar-refractivity contribution in [3.05, 3.63) is 0 Å². The summed E-state index contributed by atoms with van der Waals surface area (Å²) in [5.41, 5.74) is -0.668. The zero-order valence-electron chi connectivity index (χ0n) is 7.64. The standard InChI is InChI=1S/C8H16O3/c1-7(9)8(2,3)11-6-5-10-4/h5-6H2,1-4H3. The van der Waals surface area contributed by atoms with Crippen molar-refractivity contribution in [1.29, 1.82) is 0 Å². The maximum Gasteiger partial charge on any atom is 0.160 e. The Balaban J connectivity index is 3.64. The van der Waals surface area contributed by atoms with Crippen LogP contribution in [0.3, 0.4) is 0 Å². The van der Waals surface area contributed by atoms with Crippen molar-refractivity contribution in [3.8, 4) is 0 Å². The summed E-state index contributed by atoms with van der Waals surface area (Å²) in [7, 11) is 1.60. The van der Waals surface area contributed by atoms with Gasteiger partial charge in [0.2, 0.25) is 0 Å². The zero-order chi connectivity index (χ0) is 8.91. The van der Waals surface area contributed by atoms with Crippen molar-refractivity contribution in [2.45, 2.75) is 26.4 Å². The molecule has 0 aliphatic heterocycles. The molecule has 0 radical (unpaired) electrons. The third kappa shape index (κ3) is 4.11. The number of ether oxygens (including phenoxy) is 2. The second-order valence-corrected chi connectivity index (χ2v) is 2.91. The normalized spacial score (nSPS) is 11.6. The van der Waals surface area contributed by atoms with Crippen LogP contribution < -0.4 is 0 Å². The van der Waals surface area contributed by atoms with E-state index in [1.807, 2.05) is 0 Å². The molecule has 0 spiro atoms. The van der Waals surface area contributed by atoms with Crippen LogP contribution in [0.15, 0.2) is 0 Å². The summed E-state index contributed by atoms with van der Waals surface area (Å²) in [6.07, 6.45) is 0. The van der Waals surface area contributed by atoms with Gasteiger partial charge in [-0.1, -0.05) is 0 Å². The van der Waals surface area contributed by atoms with E-state index in [1.165, 1.54) is 6.92 Å². The summed E-state index contributed by atoms with van der Waals surface area (Å²) in [6, 6.07) is 0. The van der Waals surface area contributed by atoms with Gasteiger partial charge >= 0.3 is 0 Å². The van der Waals surface area contributed by atoms with Crippen molar-refractivity contribution in [1.82, 2.24) is 0 Å². The maximum absolute atomic E-state index is 10.9. The molecule has 0 rings (SSSR count). The van der Waals surface area contributed by atoms with Gasteiger partial charge in [-0.15, -0.1) is 0 Å². The fraction of sp³-hybridized carbons (Fsp3) is 0.875. The van der Waals surface area contributed by atoms with Crippen molar-refractivity contribution in [2.24, 2.45) is 0 Å². The SMILES string of the molecule is COCCOC(C)(C)C(C)=O. The van der Waals surface area contributed by atoms with Crippen LogP contribution in [-0.4, -0.2) is 31.7 Å². The van der Waals surface area contributed by atoms with Crippen LogP contribution in [-0.2, 0) is 14.3 Å². The van der Waals surface area contributed by atoms with E-state index in [2.05, 4.69) is 0 Å². The molecular weight excluding hydrogens is 144 g/mol. The van der Waals surface area contributed by atoms with Crippen LogP contribution >= 0.6 is 0 Å². The molecule has 0 bridgehead atoms. The summed E-state index contributed by atoms with van der Waals surface area (Å²) in [6.45, 7) is 6.02. The molecule has 11 heavy (non-hydrogen) atoms. The molecule has 0 N–H and O–H groups in total. The van der Waals surface area contributed by atoms with Gasteiger partial charge in [-0.25, -0.2) is 0 Å². The van der Waals surface area contributed by atoms with E-state index in [9.17, 15) is 4.79 Å². The van der Waals surface area contributed by atoms with E-state index in [4.69, 9.17) is 9.47 Å². The van der Waals surface area contributed by atoms with Crippen LogP contribution in [0.4, 0.5) is 0 Å². The van der Waals surface area contributed by atoms with E-state index in [0.717, 1.165) is 0 Å². The number of carbonyl (C=O) groups is 1. The fourth-order valence-electron chi connectivity index (χ4n) is 0.482. The Morgan fingerprint density at radius 1 is 1.36 bits per heavy atom. The van der Waals surface area contributed by atoms with Gasteiger partial charge in [0.05, 0.1) is 13.2 Å². The Morgan fingerprint density at radius 3 is 2.27 bits per heavy atom. The lowest BCUT2D eigenvalue weighted by molar-refractivity contribution is -0.139. The summed E-state index contributed by atoms with van der Waals surface area (Å²) in [5.74, 6) is 0.0357. The van der Waals surface area contributed by atoms with Gasteiger partial charge in [0.25, 0.3) is 0 Å². The third-order valence-electron chi connectivity index (χ3n) is 1.60. The number of ketones is 1. The predicted octanol–water partition coefficient (Wildman–Crippen LogP) is 1.02. The predicted molar refractivity (Wildman–Crippen MR) is 42.6 cm³/mol. The lowest BCUT2D eigenvalue weighted by Gasteiger charge is -2.21. The molecule has 3 heteroatoms. The Kier molecular flexibility index (Phi) is 4.30. The quantitative estimate of drug-likeness (QED) is 0.563. The average Bonchev–Trinajstić information content (AvgIpc) is 1.88. The Bertz CT molecular complexity index is 129. The van der Waals surface area contributed by atoms with Crippen molar-refractivity contribution >= 4 is 5.78 Å². The molecule has 0 heterocycles. The molecule has 0 saturated heterocycles. The first-order valence-electron chi connectivity index (χ1n) is 3.64. The topological polar surface area (TPSA) is 35.5 Å². The summed E-state index contributed by atoms with van der Waals surface area (Å²) < 4.78 is 10.0. The molecule has 3 nitrogen and oxygen atoms in total. The van der Waals surface area contributed by atoms with Gasteiger partial charge in [0.1, 0.15) is 5.60 Å². The van der Waals surface area contributed by atoms with Gasteiger partial charge in [-0.3, -0.25) is 4.79 Å². The Hall–Kier alpha value is -0.410. The van der Waals surface area contributed by atoms with E-state index >= 15 is 0 Å². The highest BCUT2D eigenvalue weighted by Gasteiger charge is 2.23. The molecule has 0 unspecified atom stereocenters. The highest BCUT2D eigenvalue weighted by atomic mass is 16.5. The zero-order valence-corrected chi connectivity index (χ0v) is 7.64. The Morgan fingerprint density at radius 2 is 1.91 bits per heavy atom. The smallest absolute Gasteiger partial charge is 0.160 e. The minimum absolute atomic E-state index is 0.0357. The van der Waals surface area contributed by atoms with Gasteiger partial charge < -0.3 is 9.47 Å². The molecule has 0 aliphatic carbocycles. The number of hydrogen-bond acceptors (Lipinski definition) is 3. The first-order valence-corrected chi connectivity index (χ1v) is 3.64. The highest BCUT2D eigenvalue weighted by Crippen LogP contribution is 2.09. The minimum atomic E-state index is -0.668. The van der Waals surface area contributed by atoms with Crippen molar-refractivity contribution in [3.63, 3.8) is 0 Å². The van der Waals surface area contributed by atoms with Crippen molar-refractivity contribution in [2.75, 3.05) is 20.3 Å². The summed E-state index contributed by atoms with van der Waals surface area (Å²) in [4.78, 5) is 10.9. The van der Waals surface area contributed by atoms with Crippen LogP contribution in [0, 0.1) is 0 Å². The van der Waals surface area contributed by atoms with Gasteiger partial charge in [0, 0.05) is 7.11 Å². The molecule has 0 atom stereocenters. The number of carbonyl (C=O) groups excluding carboxylic acids is 1. The minimum Gasteiger partial charge on any atom is -0.382 e. The molecule has 0 aromatic heterocycles. The highest BCUT2D eigenvalue weighted by molar-refractivity contribution is 5.83. The molecule has 0 saturated carbocycles.